The fraction of sp³-hybridized carbons (Fsp3) is 0.571. The van der Waals surface area contributed by atoms with Crippen LogP contribution in [0.2, 0.25) is 10.0 Å². The molecule has 0 saturated heterocycles. The average molecular weight is 488 g/mol. The molecule has 1 atom stereocenters. The van der Waals surface area contributed by atoms with Crippen LogP contribution >= 0.6 is 23.2 Å². The van der Waals surface area contributed by atoms with Crippen molar-refractivity contribution >= 4 is 23.2 Å². The van der Waals surface area contributed by atoms with Crippen LogP contribution in [0.15, 0.2) is 36.4 Å². The number of nitrogens with one attached hydrogen (secondary N) is 1. The highest BCUT2D eigenvalue weighted by Gasteiger charge is 2.52. The average Bonchev–Trinajstić information content (AvgIpc) is 2.77. The summed E-state index contributed by atoms with van der Waals surface area (Å²) < 4.78 is 12.0. The standard InChI is InChI=1S/C28H35Cl2NO2/c1-3-32-26-12-22(11-25(30)27(26)33-17-23-6-4-5-7-24(23)29)16-31-18(2)28-13-19-8-20(14-28)10-21(9-19)15-28/h4-7,11-12,18-21,31H,3,8-10,13-17H2,1-2H3. The Morgan fingerprint density at radius 2 is 1.64 bits per heavy atom. The Bertz CT molecular complexity index is 957. The molecular formula is C28H35Cl2NO2. The summed E-state index contributed by atoms with van der Waals surface area (Å²) in [5, 5.41) is 5.13. The van der Waals surface area contributed by atoms with Crippen LogP contribution in [0.25, 0.3) is 0 Å². The van der Waals surface area contributed by atoms with E-state index in [0.29, 0.717) is 46.2 Å². The maximum absolute atomic E-state index is 6.68. The van der Waals surface area contributed by atoms with Crippen molar-refractivity contribution in [2.75, 3.05) is 6.61 Å². The maximum atomic E-state index is 6.68. The largest absolute Gasteiger partial charge is 0.490 e. The third-order valence-corrected chi connectivity index (χ3v) is 8.97. The van der Waals surface area contributed by atoms with Crippen LogP contribution < -0.4 is 14.8 Å². The van der Waals surface area contributed by atoms with Gasteiger partial charge in [0.1, 0.15) is 6.61 Å². The van der Waals surface area contributed by atoms with Crippen molar-refractivity contribution in [3.8, 4) is 11.5 Å². The molecule has 0 aromatic heterocycles. The minimum atomic E-state index is 0.347. The molecule has 4 bridgehead atoms. The smallest absolute Gasteiger partial charge is 0.180 e. The molecule has 3 nitrogen and oxygen atoms in total. The summed E-state index contributed by atoms with van der Waals surface area (Å²) in [5.41, 5.74) is 2.54. The summed E-state index contributed by atoms with van der Waals surface area (Å²) in [6, 6.07) is 12.3. The first-order valence-corrected chi connectivity index (χ1v) is 13.3. The van der Waals surface area contributed by atoms with E-state index < -0.39 is 0 Å². The number of hydrogen-bond donors (Lipinski definition) is 1. The fourth-order valence-corrected chi connectivity index (χ4v) is 7.57. The summed E-state index contributed by atoms with van der Waals surface area (Å²) in [5.74, 6) is 4.17. The van der Waals surface area contributed by atoms with Crippen molar-refractivity contribution in [3.05, 3.63) is 57.6 Å². The molecule has 0 heterocycles. The van der Waals surface area contributed by atoms with Gasteiger partial charge in [0.25, 0.3) is 0 Å². The molecule has 4 aliphatic rings. The second kappa shape index (κ2) is 9.68. The molecule has 0 radical (unpaired) electrons. The summed E-state index contributed by atoms with van der Waals surface area (Å²) >= 11 is 13.0. The third kappa shape index (κ3) is 4.88. The van der Waals surface area contributed by atoms with Crippen molar-refractivity contribution in [3.63, 3.8) is 0 Å². The molecular weight excluding hydrogens is 453 g/mol. The van der Waals surface area contributed by atoms with Crippen molar-refractivity contribution in [2.45, 2.75) is 71.6 Å². The van der Waals surface area contributed by atoms with E-state index in [-0.39, 0.29) is 0 Å². The Labute approximate surface area is 208 Å². The van der Waals surface area contributed by atoms with E-state index in [4.69, 9.17) is 32.7 Å². The van der Waals surface area contributed by atoms with Gasteiger partial charge in [-0.1, -0.05) is 41.4 Å². The van der Waals surface area contributed by atoms with Gasteiger partial charge in [-0.15, -0.1) is 0 Å². The zero-order valence-corrected chi connectivity index (χ0v) is 21.2. The van der Waals surface area contributed by atoms with Gasteiger partial charge in [-0.05, 0) is 99.3 Å². The molecule has 0 spiro atoms. The number of rotatable bonds is 9. The Hall–Kier alpha value is -1.42. The lowest BCUT2D eigenvalue weighted by Gasteiger charge is -2.59. The predicted octanol–water partition coefficient (Wildman–Crippen LogP) is 7.67. The fourth-order valence-electron chi connectivity index (χ4n) is 7.09. The number of ether oxygens (including phenoxy) is 2. The van der Waals surface area contributed by atoms with E-state index in [1.165, 1.54) is 38.5 Å². The quantitative estimate of drug-likeness (QED) is 0.393. The summed E-state index contributed by atoms with van der Waals surface area (Å²) in [4.78, 5) is 0. The molecule has 4 aliphatic carbocycles. The van der Waals surface area contributed by atoms with Crippen molar-refractivity contribution in [1.82, 2.24) is 5.32 Å². The lowest BCUT2D eigenvalue weighted by Crippen LogP contribution is -2.54. The summed E-state index contributed by atoms with van der Waals surface area (Å²) in [7, 11) is 0. The molecule has 2 aromatic rings. The highest BCUT2D eigenvalue weighted by molar-refractivity contribution is 6.32. The molecule has 4 saturated carbocycles. The lowest BCUT2D eigenvalue weighted by molar-refractivity contribution is -0.0706. The molecule has 5 heteroatoms. The van der Waals surface area contributed by atoms with Crippen LogP contribution in [0.5, 0.6) is 11.5 Å². The number of benzene rings is 2. The summed E-state index contributed by atoms with van der Waals surface area (Å²) in [6.07, 6.45) is 8.67. The maximum Gasteiger partial charge on any atom is 0.180 e. The zero-order chi connectivity index (χ0) is 23.0. The van der Waals surface area contributed by atoms with E-state index >= 15 is 0 Å². The molecule has 1 N–H and O–H groups in total. The van der Waals surface area contributed by atoms with E-state index in [9.17, 15) is 0 Å². The number of hydrogen-bond acceptors (Lipinski definition) is 3. The SMILES string of the molecule is CCOc1cc(CNC(C)C23CC4CC(CC(C4)C2)C3)cc(Cl)c1OCc1ccccc1Cl. The summed E-state index contributed by atoms with van der Waals surface area (Å²) in [6.45, 7) is 6.07. The molecule has 2 aromatic carbocycles. The molecule has 4 fully saturated rings. The van der Waals surface area contributed by atoms with Gasteiger partial charge in [0.15, 0.2) is 11.5 Å². The molecule has 33 heavy (non-hydrogen) atoms. The van der Waals surface area contributed by atoms with Gasteiger partial charge in [-0.3, -0.25) is 0 Å². The van der Waals surface area contributed by atoms with Gasteiger partial charge in [0, 0.05) is 23.2 Å². The Morgan fingerprint density at radius 3 is 2.27 bits per heavy atom. The van der Waals surface area contributed by atoms with Gasteiger partial charge in [-0.2, -0.15) is 0 Å². The van der Waals surface area contributed by atoms with Gasteiger partial charge in [0.2, 0.25) is 0 Å². The second-order valence-electron chi connectivity index (χ2n) is 10.6. The van der Waals surface area contributed by atoms with E-state index in [1.807, 2.05) is 37.3 Å². The van der Waals surface area contributed by atoms with E-state index in [0.717, 1.165) is 35.4 Å². The molecule has 6 rings (SSSR count). The predicted molar refractivity (Wildman–Crippen MR) is 135 cm³/mol. The zero-order valence-electron chi connectivity index (χ0n) is 19.7. The first-order valence-electron chi connectivity index (χ1n) is 12.5. The van der Waals surface area contributed by atoms with Crippen LogP contribution in [0.4, 0.5) is 0 Å². The minimum Gasteiger partial charge on any atom is -0.490 e. The van der Waals surface area contributed by atoms with Crippen LogP contribution in [0.1, 0.15) is 63.5 Å². The highest BCUT2D eigenvalue weighted by Crippen LogP contribution is 2.61. The van der Waals surface area contributed by atoms with E-state index in [2.05, 4.69) is 18.3 Å². The van der Waals surface area contributed by atoms with Crippen LogP contribution in [-0.2, 0) is 13.2 Å². The normalized spacial score (nSPS) is 28.7. The van der Waals surface area contributed by atoms with Gasteiger partial charge >= 0.3 is 0 Å². The molecule has 0 amide bonds. The Kier molecular flexibility index (Phi) is 6.84. The van der Waals surface area contributed by atoms with Crippen LogP contribution in [0, 0.1) is 23.2 Å². The molecule has 178 valence electrons. The lowest BCUT2D eigenvalue weighted by atomic mass is 9.48. The van der Waals surface area contributed by atoms with E-state index in [1.54, 1.807) is 0 Å². The number of halogens is 2. The Balaban J connectivity index is 1.27. The third-order valence-electron chi connectivity index (χ3n) is 8.32. The molecule has 0 aliphatic heterocycles. The van der Waals surface area contributed by atoms with Crippen molar-refractivity contribution in [1.29, 1.82) is 0 Å². The highest BCUT2D eigenvalue weighted by atomic mass is 35.5. The molecule has 1 unspecified atom stereocenters. The van der Waals surface area contributed by atoms with Gasteiger partial charge < -0.3 is 14.8 Å². The monoisotopic (exact) mass is 487 g/mol. The minimum absolute atomic E-state index is 0.347. The Morgan fingerprint density at radius 1 is 0.970 bits per heavy atom. The first-order chi connectivity index (χ1) is 16.0. The van der Waals surface area contributed by atoms with Crippen LogP contribution in [-0.4, -0.2) is 12.6 Å². The van der Waals surface area contributed by atoms with Crippen molar-refractivity contribution < 1.29 is 9.47 Å². The van der Waals surface area contributed by atoms with Crippen molar-refractivity contribution in [2.24, 2.45) is 23.2 Å². The first kappa shape index (κ1) is 23.3. The van der Waals surface area contributed by atoms with Gasteiger partial charge in [-0.25, -0.2) is 0 Å². The van der Waals surface area contributed by atoms with Gasteiger partial charge in [0.05, 0.1) is 11.6 Å². The van der Waals surface area contributed by atoms with Crippen LogP contribution in [0.3, 0.4) is 0 Å². The topological polar surface area (TPSA) is 30.5 Å². The second-order valence-corrected chi connectivity index (χ2v) is 11.4.